The Hall–Kier alpha value is -2.07. The summed E-state index contributed by atoms with van der Waals surface area (Å²) < 4.78 is 16.3. The number of benzene rings is 1. The van der Waals surface area contributed by atoms with Gasteiger partial charge in [-0.25, -0.2) is 4.79 Å². The van der Waals surface area contributed by atoms with E-state index in [1.54, 1.807) is 0 Å². The molecule has 10 heteroatoms. The van der Waals surface area contributed by atoms with E-state index in [-0.39, 0.29) is 24.5 Å². The molecule has 1 aromatic carbocycles. The number of nitrogens with zero attached hydrogens (tertiary/aromatic N) is 1. The summed E-state index contributed by atoms with van der Waals surface area (Å²) in [7, 11) is 3.83. The quantitative estimate of drug-likeness (QED) is 0.265. The van der Waals surface area contributed by atoms with Crippen LogP contribution >= 0.6 is 21.6 Å². The van der Waals surface area contributed by atoms with Gasteiger partial charge in [-0.15, -0.1) is 0 Å². The first-order valence-electron chi connectivity index (χ1n) is 10.5. The number of aliphatic carboxylic acids is 1. The van der Waals surface area contributed by atoms with E-state index < -0.39 is 23.9 Å². The molecule has 1 aromatic rings. The minimum absolute atomic E-state index is 0.0132. The zero-order valence-electron chi connectivity index (χ0n) is 17.0. The predicted molar refractivity (Wildman–Crippen MR) is 117 cm³/mol. The van der Waals surface area contributed by atoms with Crippen molar-refractivity contribution in [3.05, 3.63) is 17.7 Å². The summed E-state index contributed by atoms with van der Waals surface area (Å²) >= 11 is 0. The number of amides is 1. The van der Waals surface area contributed by atoms with Crippen molar-refractivity contribution in [2.24, 2.45) is 0 Å². The Morgan fingerprint density at radius 2 is 1.97 bits per heavy atom. The van der Waals surface area contributed by atoms with Crippen molar-refractivity contribution in [1.82, 2.24) is 4.90 Å². The molecule has 1 unspecified atom stereocenters. The van der Waals surface area contributed by atoms with Gasteiger partial charge < -0.3 is 24.2 Å². The maximum absolute atomic E-state index is 13.1. The second-order valence-electron chi connectivity index (χ2n) is 7.75. The first-order valence-corrected chi connectivity index (χ1v) is 12.9. The number of carboxylic acid groups (broad SMARTS) is 1. The number of hydrogen-bond acceptors (Lipinski definition) is 8. The number of esters is 1. The zero-order valence-corrected chi connectivity index (χ0v) is 18.7. The van der Waals surface area contributed by atoms with Gasteiger partial charge in [-0.2, -0.15) is 0 Å². The van der Waals surface area contributed by atoms with Crippen LogP contribution < -0.4 is 14.2 Å². The third-order valence-electron chi connectivity index (χ3n) is 5.61. The van der Waals surface area contributed by atoms with Gasteiger partial charge in [0.15, 0.2) is 11.5 Å². The minimum Gasteiger partial charge on any atom is -0.480 e. The smallest absolute Gasteiger partial charge is 0.326 e. The standard InChI is InChI=1S/C21H25NO7S2/c23-19(6-2-1-4-13-7-9-30-31-13)29-16-11-18-17(27-12-28-18)10-14(16)20(24)22-8-3-5-15(22)21(25)26/h10-11,13,15H,1-9,12H2,(H,25,26)/t13?,15-/m0/s1. The van der Waals surface area contributed by atoms with E-state index in [1.807, 2.05) is 21.6 Å². The van der Waals surface area contributed by atoms with Gasteiger partial charge in [-0.1, -0.05) is 28.0 Å². The first kappa shape index (κ1) is 22.1. The molecule has 2 fully saturated rings. The lowest BCUT2D eigenvalue weighted by molar-refractivity contribution is -0.141. The fourth-order valence-electron chi connectivity index (χ4n) is 3.98. The lowest BCUT2D eigenvalue weighted by atomic mass is 10.1. The molecular formula is C21H25NO7S2. The molecule has 1 N–H and O–H groups in total. The summed E-state index contributed by atoms with van der Waals surface area (Å²) in [6.07, 6.45) is 5.25. The maximum atomic E-state index is 13.1. The minimum atomic E-state index is -1.04. The Morgan fingerprint density at radius 1 is 1.16 bits per heavy atom. The van der Waals surface area contributed by atoms with Crippen molar-refractivity contribution in [2.45, 2.75) is 56.2 Å². The van der Waals surface area contributed by atoms with Crippen LogP contribution in [0, 0.1) is 0 Å². The van der Waals surface area contributed by atoms with Gasteiger partial charge in [0, 0.05) is 36.1 Å². The molecule has 0 bridgehead atoms. The SMILES string of the molecule is O=C(CCCCC1CCSS1)Oc1cc2c(cc1C(=O)N1CCC[C@H]1C(=O)O)OCO2. The Bertz CT molecular complexity index is 856. The van der Waals surface area contributed by atoms with Crippen LogP contribution in [0.25, 0.3) is 0 Å². The number of carbonyl (C=O) groups is 3. The van der Waals surface area contributed by atoms with Crippen molar-refractivity contribution in [3.63, 3.8) is 0 Å². The molecule has 0 aromatic heterocycles. The molecule has 3 aliphatic rings. The van der Waals surface area contributed by atoms with Crippen molar-refractivity contribution in [3.8, 4) is 17.2 Å². The molecular weight excluding hydrogens is 442 g/mol. The topological polar surface area (TPSA) is 102 Å². The second kappa shape index (κ2) is 10.0. The summed E-state index contributed by atoms with van der Waals surface area (Å²) in [5, 5.41) is 10.1. The zero-order chi connectivity index (χ0) is 21.8. The largest absolute Gasteiger partial charge is 0.480 e. The van der Waals surface area contributed by atoms with Gasteiger partial charge >= 0.3 is 11.9 Å². The number of likely N-dealkylation sites (tertiary alicyclic amines) is 1. The van der Waals surface area contributed by atoms with E-state index in [0.29, 0.717) is 36.1 Å². The first-order chi connectivity index (χ1) is 15.0. The Balaban J connectivity index is 1.43. The molecule has 4 rings (SSSR count). The molecule has 2 saturated heterocycles. The molecule has 168 valence electrons. The van der Waals surface area contributed by atoms with Crippen LogP contribution in [-0.4, -0.2) is 58.2 Å². The van der Waals surface area contributed by atoms with Crippen LogP contribution in [0.15, 0.2) is 12.1 Å². The van der Waals surface area contributed by atoms with E-state index in [4.69, 9.17) is 14.2 Å². The summed E-state index contributed by atoms with van der Waals surface area (Å²) in [5.74, 6) is 0.103. The van der Waals surface area contributed by atoms with Gasteiger partial charge in [0.1, 0.15) is 11.8 Å². The van der Waals surface area contributed by atoms with Crippen LogP contribution in [0.3, 0.4) is 0 Å². The van der Waals surface area contributed by atoms with E-state index in [2.05, 4.69) is 0 Å². The number of fused-ring (bicyclic) bond motifs is 1. The predicted octanol–water partition coefficient (Wildman–Crippen LogP) is 3.72. The Labute approximate surface area is 188 Å². The fraction of sp³-hybridized carbons (Fsp3) is 0.571. The van der Waals surface area contributed by atoms with Crippen LogP contribution in [0.4, 0.5) is 0 Å². The molecule has 3 heterocycles. The number of hydrogen-bond donors (Lipinski definition) is 1. The van der Waals surface area contributed by atoms with Crippen LogP contribution in [0.2, 0.25) is 0 Å². The van der Waals surface area contributed by atoms with Crippen molar-refractivity contribution in [1.29, 1.82) is 0 Å². The highest BCUT2D eigenvalue weighted by atomic mass is 33.1. The van der Waals surface area contributed by atoms with Gasteiger partial charge in [0.05, 0.1) is 5.56 Å². The Morgan fingerprint density at radius 3 is 2.71 bits per heavy atom. The second-order valence-corrected chi connectivity index (χ2v) is 10.5. The van der Waals surface area contributed by atoms with Gasteiger partial charge in [0.2, 0.25) is 6.79 Å². The number of ether oxygens (including phenoxy) is 3. The molecule has 1 amide bonds. The van der Waals surface area contributed by atoms with Crippen LogP contribution in [-0.2, 0) is 9.59 Å². The lowest BCUT2D eigenvalue weighted by Crippen LogP contribution is -2.40. The van der Waals surface area contributed by atoms with Gasteiger partial charge in [-0.05, 0) is 32.1 Å². The molecule has 3 aliphatic heterocycles. The van der Waals surface area contributed by atoms with Crippen LogP contribution in [0.1, 0.15) is 55.3 Å². The van der Waals surface area contributed by atoms with Gasteiger partial charge in [-0.3, -0.25) is 9.59 Å². The molecule has 0 aliphatic carbocycles. The number of carboxylic acids is 1. The normalized spacial score (nSPS) is 22.0. The lowest BCUT2D eigenvalue weighted by Gasteiger charge is -2.22. The molecule has 31 heavy (non-hydrogen) atoms. The van der Waals surface area contributed by atoms with E-state index in [9.17, 15) is 19.5 Å². The average molecular weight is 468 g/mol. The van der Waals surface area contributed by atoms with Crippen molar-refractivity contribution >= 4 is 39.4 Å². The third kappa shape index (κ3) is 5.23. The highest BCUT2D eigenvalue weighted by Crippen LogP contribution is 2.41. The third-order valence-corrected chi connectivity index (χ3v) is 8.62. The highest BCUT2D eigenvalue weighted by Gasteiger charge is 2.36. The molecule has 2 atom stereocenters. The van der Waals surface area contributed by atoms with E-state index in [0.717, 1.165) is 19.3 Å². The average Bonchev–Trinajstić information content (AvgIpc) is 3.51. The molecule has 0 radical (unpaired) electrons. The summed E-state index contributed by atoms with van der Waals surface area (Å²) in [4.78, 5) is 38.4. The fourth-order valence-corrected chi connectivity index (χ4v) is 7.00. The molecule has 8 nitrogen and oxygen atoms in total. The summed E-state index contributed by atoms with van der Waals surface area (Å²) in [6.45, 7) is 0.356. The highest BCUT2D eigenvalue weighted by molar-refractivity contribution is 8.77. The Kier molecular flexibility index (Phi) is 7.16. The maximum Gasteiger partial charge on any atom is 0.326 e. The summed E-state index contributed by atoms with van der Waals surface area (Å²) in [5.41, 5.74) is 0.116. The molecule has 0 saturated carbocycles. The van der Waals surface area contributed by atoms with Crippen molar-refractivity contribution < 1.29 is 33.7 Å². The van der Waals surface area contributed by atoms with Gasteiger partial charge in [0.25, 0.3) is 5.91 Å². The number of rotatable bonds is 8. The van der Waals surface area contributed by atoms with E-state index >= 15 is 0 Å². The van der Waals surface area contributed by atoms with Crippen LogP contribution in [0.5, 0.6) is 17.2 Å². The summed E-state index contributed by atoms with van der Waals surface area (Å²) in [6, 6.07) is 2.07. The van der Waals surface area contributed by atoms with Crippen molar-refractivity contribution in [2.75, 3.05) is 19.1 Å². The van der Waals surface area contributed by atoms with E-state index in [1.165, 1.54) is 29.2 Å². The monoisotopic (exact) mass is 467 g/mol. The molecule has 0 spiro atoms. The number of unbranched alkanes of at least 4 members (excludes halogenated alkanes) is 1. The number of carbonyl (C=O) groups excluding carboxylic acids is 2.